The second kappa shape index (κ2) is 5.42. The van der Waals surface area contributed by atoms with E-state index in [4.69, 9.17) is 10.8 Å². The Labute approximate surface area is 99.8 Å². The smallest absolute Gasteiger partial charge is 0.446 e. The second-order valence-corrected chi connectivity index (χ2v) is 4.48. The lowest BCUT2D eigenvalue weighted by atomic mass is 10.1. The molecule has 0 saturated carbocycles. The molecule has 0 aliphatic heterocycles. The quantitative estimate of drug-likeness (QED) is 0.820. The fourth-order valence-electron chi connectivity index (χ4n) is 1.17. The molecular formula is C10H10F3NO2S. The number of hydrogen-bond acceptors (Lipinski definition) is 3. The summed E-state index contributed by atoms with van der Waals surface area (Å²) in [5.74, 6) is -1.14. The third-order valence-electron chi connectivity index (χ3n) is 1.93. The van der Waals surface area contributed by atoms with E-state index in [0.717, 1.165) is 0 Å². The summed E-state index contributed by atoms with van der Waals surface area (Å²) in [5.41, 5.74) is 1.57. The van der Waals surface area contributed by atoms with Gasteiger partial charge in [0.05, 0.1) is 0 Å². The Morgan fingerprint density at radius 1 is 1.35 bits per heavy atom. The number of carboxylic acids is 1. The van der Waals surface area contributed by atoms with E-state index in [0.29, 0.717) is 5.56 Å². The van der Waals surface area contributed by atoms with E-state index < -0.39 is 17.5 Å². The van der Waals surface area contributed by atoms with Gasteiger partial charge in [0.15, 0.2) is 0 Å². The number of aliphatic carboxylic acids is 1. The first-order chi connectivity index (χ1) is 7.78. The van der Waals surface area contributed by atoms with Gasteiger partial charge in [-0.2, -0.15) is 13.2 Å². The molecule has 1 atom stereocenters. The Morgan fingerprint density at radius 2 is 1.88 bits per heavy atom. The maximum absolute atomic E-state index is 12.0. The third kappa shape index (κ3) is 5.10. The van der Waals surface area contributed by atoms with Crippen LogP contribution in [0, 0.1) is 0 Å². The van der Waals surface area contributed by atoms with Crippen molar-refractivity contribution in [1.29, 1.82) is 0 Å². The molecule has 0 radical (unpaired) electrons. The summed E-state index contributed by atoms with van der Waals surface area (Å²) in [6, 6.07) is 4.42. The van der Waals surface area contributed by atoms with Gasteiger partial charge in [0, 0.05) is 4.90 Å². The fourth-order valence-corrected chi connectivity index (χ4v) is 1.71. The summed E-state index contributed by atoms with van der Waals surface area (Å²) in [7, 11) is 0. The monoisotopic (exact) mass is 265 g/mol. The van der Waals surface area contributed by atoms with Crippen molar-refractivity contribution in [2.75, 3.05) is 0 Å². The number of nitrogens with two attached hydrogens (primary N) is 1. The molecule has 0 saturated heterocycles. The van der Waals surface area contributed by atoms with Crippen LogP contribution in [-0.4, -0.2) is 22.6 Å². The van der Waals surface area contributed by atoms with Crippen molar-refractivity contribution < 1.29 is 23.1 Å². The number of benzene rings is 1. The maximum Gasteiger partial charge on any atom is 0.446 e. The lowest BCUT2D eigenvalue weighted by Crippen LogP contribution is -2.32. The minimum atomic E-state index is -4.32. The van der Waals surface area contributed by atoms with Gasteiger partial charge < -0.3 is 10.8 Å². The average molecular weight is 265 g/mol. The molecule has 0 bridgehead atoms. The Bertz CT molecular complexity index is 392. The molecular weight excluding hydrogens is 255 g/mol. The number of carboxylic acid groups (broad SMARTS) is 1. The van der Waals surface area contributed by atoms with Crippen LogP contribution in [0.5, 0.6) is 0 Å². The zero-order valence-corrected chi connectivity index (χ0v) is 9.39. The standard InChI is InChI=1S/C10H10F3NO2S/c11-10(12,13)17-7-3-1-6(2-4-7)5-8(14)9(15)16/h1-4,8H,5,14H2,(H,15,16). The van der Waals surface area contributed by atoms with Crippen molar-refractivity contribution >= 4 is 17.7 Å². The van der Waals surface area contributed by atoms with Gasteiger partial charge in [-0.25, -0.2) is 0 Å². The summed E-state index contributed by atoms with van der Waals surface area (Å²) in [5, 5.41) is 8.57. The van der Waals surface area contributed by atoms with Crippen molar-refractivity contribution in [3.05, 3.63) is 29.8 Å². The van der Waals surface area contributed by atoms with Gasteiger partial charge >= 0.3 is 11.5 Å². The molecule has 1 unspecified atom stereocenters. The van der Waals surface area contributed by atoms with E-state index in [9.17, 15) is 18.0 Å². The van der Waals surface area contributed by atoms with E-state index in [1.54, 1.807) is 0 Å². The molecule has 94 valence electrons. The molecule has 0 spiro atoms. The second-order valence-electron chi connectivity index (χ2n) is 3.34. The molecule has 1 aromatic rings. The Morgan fingerprint density at radius 3 is 2.29 bits per heavy atom. The molecule has 1 rings (SSSR count). The number of thioether (sulfide) groups is 1. The number of alkyl halides is 3. The van der Waals surface area contributed by atoms with Gasteiger partial charge in [-0.3, -0.25) is 4.79 Å². The zero-order valence-electron chi connectivity index (χ0n) is 8.57. The molecule has 0 aromatic heterocycles. The highest BCUT2D eigenvalue weighted by Gasteiger charge is 2.29. The molecule has 7 heteroatoms. The average Bonchev–Trinajstić information content (AvgIpc) is 2.18. The van der Waals surface area contributed by atoms with Crippen LogP contribution >= 0.6 is 11.8 Å². The SMILES string of the molecule is NC(Cc1ccc(SC(F)(F)F)cc1)C(=O)O. The number of halogens is 3. The van der Waals surface area contributed by atoms with Crippen molar-refractivity contribution in [1.82, 2.24) is 0 Å². The normalized spacial score (nSPS) is 13.4. The third-order valence-corrected chi connectivity index (χ3v) is 2.67. The van der Waals surface area contributed by atoms with Crippen LogP contribution in [0.2, 0.25) is 0 Å². The van der Waals surface area contributed by atoms with Crippen molar-refractivity contribution in [3.63, 3.8) is 0 Å². The molecule has 0 fully saturated rings. The first kappa shape index (κ1) is 13.9. The van der Waals surface area contributed by atoms with E-state index >= 15 is 0 Å². The summed E-state index contributed by atoms with van der Waals surface area (Å²) >= 11 is -0.213. The van der Waals surface area contributed by atoms with Crippen molar-refractivity contribution in [3.8, 4) is 0 Å². The van der Waals surface area contributed by atoms with E-state index in [-0.39, 0.29) is 23.1 Å². The molecule has 1 aromatic carbocycles. The first-order valence-electron chi connectivity index (χ1n) is 4.61. The Hall–Kier alpha value is -1.21. The first-order valence-corrected chi connectivity index (χ1v) is 5.42. The molecule has 0 aliphatic rings. The zero-order chi connectivity index (χ0) is 13.1. The minimum absolute atomic E-state index is 0.0603. The van der Waals surface area contributed by atoms with Crippen LogP contribution < -0.4 is 5.73 Å². The Balaban J connectivity index is 2.65. The summed E-state index contributed by atoms with van der Waals surface area (Å²) in [4.78, 5) is 10.5. The highest BCUT2D eigenvalue weighted by molar-refractivity contribution is 8.00. The molecule has 3 N–H and O–H groups in total. The topological polar surface area (TPSA) is 63.3 Å². The largest absolute Gasteiger partial charge is 0.480 e. The van der Waals surface area contributed by atoms with E-state index in [2.05, 4.69) is 0 Å². The van der Waals surface area contributed by atoms with Crippen LogP contribution in [0.15, 0.2) is 29.2 Å². The van der Waals surface area contributed by atoms with Crippen LogP contribution in [-0.2, 0) is 11.2 Å². The lowest BCUT2D eigenvalue weighted by Gasteiger charge is -2.08. The van der Waals surface area contributed by atoms with Crippen LogP contribution in [0.4, 0.5) is 13.2 Å². The molecule has 17 heavy (non-hydrogen) atoms. The Kier molecular flexibility index (Phi) is 4.41. The van der Waals surface area contributed by atoms with Crippen LogP contribution in [0.25, 0.3) is 0 Å². The minimum Gasteiger partial charge on any atom is -0.480 e. The molecule has 0 heterocycles. The van der Waals surface area contributed by atoms with E-state index in [1.165, 1.54) is 24.3 Å². The highest BCUT2D eigenvalue weighted by Crippen LogP contribution is 2.36. The predicted molar refractivity (Wildman–Crippen MR) is 57.7 cm³/mol. The van der Waals surface area contributed by atoms with Gasteiger partial charge in [-0.1, -0.05) is 12.1 Å². The summed E-state index contributed by atoms with van der Waals surface area (Å²) in [6.45, 7) is 0. The molecule has 0 aliphatic carbocycles. The molecule has 0 amide bonds. The highest BCUT2D eigenvalue weighted by atomic mass is 32.2. The van der Waals surface area contributed by atoms with Gasteiger partial charge in [-0.15, -0.1) is 0 Å². The predicted octanol–water partition coefficient (Wildman–Crippen LogP) is 2.25. The maximum atomic E-state index is 12.0. The van der Waals surface area contributed by atoms with Gasteiger partial charge in [0.25, 0.3) is 0 Å². The number of rotatable bonds is 4. The van der Waals surface area contributed by atoms with Gasteiger partial charge in [-0.05, 0) is 35.9 Å². The summed E-state index contributed by atoms with van der Waals surface area (Å²) in [6.07, 6.45) is 0.0896. The molecule has 3 nitrogen and oxygen atoms in total. The fraction of sp³-hybridized carbons (Fsp3) is 0.300. The van der Waals surface area contributed by atoms with Gasteiger partial charge in [0.1, 0.15) is 6.04 Å². The number of hydrogen-bond donors (Lipinski definition) is 2. The van der Waals surface area contributed by atoms with Crippen molar-refractivity contribution in [2.24, 2.45) is 5.73 Å². The van der Waals surface area contributed by atoms with Gasteiger partial charge in [0.2, 0.25) is 0 Å². The van der Waals surface area contributed by atoms with Crippen LogP contribution in [0.1, 0.15) is 5.56 Å². The summed E-state index contributed by atoms with van der Waals surface area (Å²) < 4.78 is 36.1. The number of carbonyl (C=O) groups is 1. The van der Waals surface area contributed by atoms with Crippen molar-refractivity contribution in [2.45, 2.75) is 22.9 Å². The van der Waals surface area contributed by atoms with E-state index in [1.807, 2.05) is 0 Å². The lowest BCUT2D eigenvalue weighted by molar-refractivity contribution is -0.138. The van der Waals surface area contributed by atoms with Crippen LogP contribution in [0.3, 0.4) is 0 Å².